The van der Waals surface area contributed by atoms with E-state index < -0.39 is 5.97 Å². The van der Waals surface area contributed by atoms with E-state index in [1.165, 1.54) is 26.7 Å². The van der Waals surface area contributed by atoms with Crippen LogP contribution < -0.4 is 8.13 Å². The maximum absolute atomic E-state index is 13.1. The number of halogens is 1. The van der Waals surface area contributed by atoms with E-state index in [1.807, 2.05) is 42.5 Å². The fourth-order valence-electron chi connectivity index (χ4n) is 2.79. The van der Waals surface area contributed by atoms with Gasteiger partial charge in [0.2, 0.25) is 0 Å². The molecule has 3 aromatic rings. The summed E-state index contributed by atoms with van der Waals surface area (Å²) in [6, 6.07) is 22.3. The van der Waals surface area contributed by atoms with Gasteiger partial charge in [-0.3, -0.25) is 4.79 Å². The molecule has 0 bridgehead atoms. The van der Waals surface area contributed by atoms with Crippen molar-refractivity contribution in [2.75, 3.05) is 5.32 Å². The molecule has 0 radical (unpaired) electrons. The molecule has 0 saturated carbocycles. The van der Waals surface area contributed by atoms with Gasteiger partial charge in [-0.05, 0) is 23.3 Å². The summed E-state index contributed by atoms with van der Waals surface area (Å²) >= 11 is 2.34. The van der Waals surface area contributed by atoms with Gasteiger partial charge >= 0.3 is 139 Å². The van der Waals surface area contributed by atoms with Gasteiger partial charge in [0.1, 0.15) is 5.82 Å². The molecule has 1 aliphatic heterocycles. The van der Waals surface area contributed by atoms with Crippen LogP contribution in [0.1, 0.15) is 12.5 Å². The third-order valence-corrected chi connectivity index (χ3v) is 5.88. The quantitative estimate of drug-likeness (QED) is 0.450. The first-order chi connectivity index (χ1) is 15.3. The van der Waals surface area contributed by atoms with Gasteiger partial charge in [-0.25, -0.2) is 4.39 Å². The molecule has 0 aromatic heterocycles. The van der Waals surface area contributed by atoms with Gasteiger partial charge in [-0.2, -0.15) is 0 Å². The fraction of sp³-hybridized carbons (Fsp3) is 0.0417. The Morgan fingerprint density at radius 2 is 1.53 bits per heavy atom. The van der Waals surface area contributed by atoms with E-state index in [2.05, 4.69) is 22.4 Å². The zero-order chi connectivity index (χ0) is 23.1. The number of nitrogens with one attached hydrogen (secondary N) is 1. The zero-order valence-corrected chi connectivity index (χ0v) is 20.3. The van der Waals surface area contributed by atoms with Crippen LogP contribution in [-0.4, -0.2) is 50.1 Å². The van der Waals surface area contributed by atoms with Crippen LogP contribution >= 0.6 is 11.8 Å². The van der Waals surface area contributed by atoms with Crippen molar-refractivity contribution in [1.29, 1.82) is 0 Å². The molecule has 1 aliphatic rings. The summed E-state index contributed by atoms with van der Waals surface area (Å²) in [7, 11) is 0. The number of aliphatic carboxylic acids is 1. The molecule has 1 amide bonds. The summed E-state index contributed by atoms with van der Waals surface area (Å²) < 4.78 is 14.4. The number of amidine groups is 1. The van der Waals surface area contributed by atoms with E-state index in [4.69, 9.17) is 9.90 Å². The first-order valence-corrected chi connectivity index (χ1v) is 11.5. The van der Waals surface area contributed by atoms with E-state index in [9.17, 15) is 9.18 Å². The number of carbonyl (C=O) groups is 2. The number of nitrogens with zero attached hydrogens (tertiary/aromatic N) is 1. The minimum absolute atomic E-state index is 0.241. The first kappa shape index (κ1) is 23.9. The van der Waals surface area contributed by atoms with Crippen molar-refractivity contribution in [3.63, 3.8) is 0 Å². The van der Waals surface area contributed by atoms with Crippen LogP contribution in [0.5, 0.6) is 0 Å². The zero-order valence-electron chi connectivity index (χ0n) is 17.5. The Balaban J connectivity index is 0.000000668. The van der Waals surface area contributed by atoms with Crippen molar-refractivity contribution in [3.8, 4) is 11.1 Å². The molecule has 0 fully saturated rings. The van der Waals surface area contributed by atoms with Crippen molar-refractivity contribution < 1.29 is 19.1 Å². The van der Waals surface area contributed by atoms with Crippen LogP contribution in [0.4, 0.5) is 10.1 Å². The number of benzene rings is 3. The second-order valence-electron chi connectivity index (χ2n) is 6.97. The summed E-state index contributed by atoms with van der Waals surface area (Å²) in [5.74, 6) is -1.33. The average molecular weight is 456 g/mol. The number of hydrogen-bond acceptors (Lipinski definition) is 4. The van der Waals surface area contributed by atoms with Crippen molar-refractivity contribution in [2.45, 2.75) is 6.92 Å². The Bertz CT molecular complexity index is 1170. The van der Waals surface area contributed by atoms with Crippen LogP contribution in [0.15, 0.2) is 82.7 Å². The average Bonchev–Trinajstić information content (AvgIpc) is 3.09. The number of thioether (sulfide) groups is 1. The molecule has 1 heterocycles. The molecule has 4 rings (SSSR count). The molecule has 0 spiro atoms. The predicted molar refractivity (Wildman–Crippen MR) is 129 cm³/mol. The van der Waals surface area contributed by atoms with Gasteiger partial charge < -0.3 is 5.11 Å². The molecule has 32 heavy (non-hydrogen) atoms. The number of rotatable bonds is 3. The first-order valence-electron chi connectivity index (χ1n) is 9.72. The molecule has 0 unspecified atom stereocenters. The van der Waals surface area contributed by atoms with Crippen LogP contribution in [0.25, 0.3) is 17.2 Å². The summed E-state index contributed by atoms with van der Waals surface area (Å²) in [4.78, 5) is 25.9. The summed E-state index contributed by atoms with van der Waals surface area (Å²) in [5, 5.41) is 11.2. The fourth-order valence-corrected chi connectivity index (χ4v) is 3.96. The number of carboxylic acid groups (broad SMARTS) is 1. The van der Waals surface area contributed by atoms with Crippen LogP contribution in [0.2, 0.25) is 0 Å². The van der Waals surface area contributed by atoms with E-state index in [-0.39, 0.29) is 11.7 Å². The molecule has 0 aliphatic carbocycles. The predicted octanol–water partition coefficient (Wildman–Crippen LogP) is 4.46. The van der Waals surface area contributed by atoms with E-state index >= 15 is 0 Å². The monoisotopic (exact) mass is 456 g/mol. The Morgan fingerprint density at radius 1 is 1.00 bits per heavy atom. The Labute approximate surface area is 206 Å². The third-order valence-electron chi connectivity index (χ3n) is 4.31. The van der Waals surface area contributed by atoms with Crippen molar-refractivity contribution in [2.24, 2.45) is 4.99 Å². The summed E-state index contributed by atoms with van der Waals surface area (Å²) in [6.45, 7) is 1.08. The van der Waals surface area contributed by atoms with Gasteiger partial charge in [-0.15, -0.1) is 0 Å². The second-order valence-corrected chi connectivity index (χ2v) is 9.16. The van der Waals surface area contributed by atoms with E-state index in [0.29, 0.717) is 10.1 Å². The topological polar surface area (TPSA) is 78.8 Å². The summed E-state index contributed by atoms with van der Waals surface area (Å²) in [6.07, 6.45) is 1.83. The van der Waals surface area contributed by atoms with Crippen molar-refractivity contribution in [3.05, 3.63) is 89.1 Å². The van der Waals surface area contributed by atoms with Crippen molar-refractivity contribution in [1.82, 2.24) is 0 Å². The van der Waals surface area contributed by atoms with E-state index in [0.717, 1.165) is 57.2 Å². The third kappa shape index (κ3) is 7.17. The number of amides is 1. The molecule has 8 heteroatoms. The van der Waals surface area contributed by atoms with Crippen molar-refractivity contribution >= 4 is 71.3 Å². The number of carbonyl (C=O) groups excluding carboxylic acids is 1. The number of anilines is 1. The van der Waals surface area contributed by atoms with Gasteiger partial charge in [-0.1, -0.05) is 12.1 Å². The van der Waals surface area contributed by atoms with Crippen LogP contribution in [-0.2, 0) is 9.59 Å². The van der Waals surface area contributed by atoms with Crippen LogP contribution in [0, 0.1) is 5.82 Å². The minimum atomic E-state index is -0.833. The Hall–Kier alpha value is -2.71. The molecular formula is C24H18FN2NaO3S. The molecule has 0 saturated heterocycles. The molecular weight excluding hydrogens is 438 g/mol. The van der Waals surface area contributed by atoms with Gasteiger partial charge in [0.15, 0.2) is 0 Å². The second kappa shape index (κ2) is 11.2. The molecule has 0 atom stereocenters. The number of hydrogen-bond donors (Lipinski definition) is 2. The van der Waals surface area contributed by atoms with Gasteiger partial charge in [0, 0.05) is 6.92 Å². The SMILES string of the molecule is CC(=O)O.O=C1N=C(Nc2cc[c]([Na])cc2)SC1=Cc1ccc(-c2ccc(F)cc2)cc1. The number of carboxylic acids is 1. The molecule has 2 N–H and O–H groups in total. The van der Waals surface area contributed by atoms with E-state index in [1.54, 1.807) is 12.1 Å². The molecule has 5 nitrogen and oxygen atoms in total. The normalized spacial score (nSPS) is 13.9. The standard InChI is InChI=1S/C22H14FN2OS.C2H4O2.Na/c23-18-12-10-17(11-13-18)16-8-6-15(7-9-16)14-20-21(26)25-22(27-20)24-19-4-2-1-3-5-19;1-2(3)4;/h2-14H,(H,24,25,26);1H3,(H,3,4);. The Morgan fingerprint density at radius 3 is 2.09 bits per heavy atom. The van der Waals surface area contributed by atoms with Crippen LogP contribution in [0.3, 0.4) is 0 Å². The van der Waals surface area contributed by atoms with Gasteiger partial charge in [0.05, 0.1) is 0 Å². The number of aliphatic imine (C=N–C) groups is 1. The molecule has 156 valence electrons. The maximum atomic E-state index is 13.1. The van der Waals surface area contributed by atoms with Gasteiger partial charge in [0.25, 0.3) is 5.97 Å². The summed E-state index contributed by atoms with van der Waals surface area (Å²) in [5.41, 5.74) is 3.78. The molecule has 3 aromatic carbocycles. The Kier molecular flexibility index (Phi) is 8.41.